The van der Waals surface area contributed by atoms with Crippen molar-refractivity contribution in [1.29, 1.82) is 0 Å². The molecule has 1 atom stereocenters. The lowest BCUT2D eigenvalue weighted by molar-refractivity contribution is -0.384. The van der Waals surface area contributed by atoms with Crippen molar-refractivity contribution in [3.8, 4) is 0 Å². The van der Waals surface area contributed by atoms with Crippen LogP contribution in [0.3, 0.4) is 0 Å². The molecule has 1 aliphatic heterocycles. The van der Waals surface area contributed by atoms with Crippen LogP contribution in [0.2, 0.25) is 0 Å². The second kappa shape index (κ2) is 8.77. The molecule has 1 aromatic heterocycles. The molecule has 2 aliphatic rings. The summed E-state index contributed by atoms with van der Waals surface area (Å²) >= 11 is 0. The van der Waals surface area contributed by atoms with Gasteiger partial charge in [0, 0.05) is 41.8 Å². The number of imidazole rings is 1. The van der Waals surface area contributed by atoms with E-state index in [0.29, 0.717) is 39.9 Å². The zero-order chi connectivity index (χ0) is 26.6. The number of aromatic nitrogens is 2. The average molecular weight is 508 g/mol. The van der Waals surface area contributed by atoms with Crippen molar-refractivity contribution < 1.29 is 19.3 Å². The zero-order valence-electron chi connectivity index (χ0n) is 20.0. The Balaban J connectivity index is 1.41. The predicted octanol–water partition coefficient (Wildman–Crippen LogP) is 3.87. The summed E-state index contributed by atoms with van der Waals surface area (Å²) < 4.78 is 2.98. The molecule has 1 aliphatic carbocycles. The third kappa shape index (κ3) is 3.49. The van der Waals surface area contributed by atoms with Gasteiger partial charge in [0.15, 0.2) is 17.7 Å². The smallest absolute Gasteiger partial charge is 0.329 e. The van der Waals surface area contributed by atoms with Crippen molar-refractivity contribution in [3.05, 3.63) is 122 Å². The van der Waals surface area contributed by atoms with Gasteiger partial charge in [-0.05, 0) is 29.8 Å². The maximum Gasteiger partial charge on any atom is 0.329 e. The van der Waals surface area contributed by atoms with E-state index in [9.17, 15) is 24.5 Å². The first kappa shape index (κ1) is 23.3. The fourth-order valence-corrected chi connectivity index (χ4v) is 5.14. The highest BCUT2D eigenvalue weighted by Gasteiger charge is 2.34. The van der Waals surface area contributed by atoms with Crippen LogP contribution in [0, 0.1) is 10.1 Å². The molecule has 188 valence electrons. The fourth-order valence-electron chi connectivity index (χ4n) is 5.14. The van der Waals surface area contributed by atoms with E-state index in [4.69, 9.17) is 4.84 Å². The minimum atomic E-state index is -0.529. The van der Waals surface area contributed by atoms with Gasteiger partial charge in [-0.1, -0.05) is 35.5 Å². The van der Waals surface area contributed by atoms with E-state index in [0.717, 1.165) is 0 Å². The summed E-state index contributed by atoms with van der Waals surface area (Å²) in [4.78, 5) is 56.6. The predicted molar refractivity (Wildman–Crippen MR) is 139 cm³/mol. The maximum atomic E-state index is 13.6. The van der Waals surface area contributed by atoms with Crippen LogP contribution in [0.1, 0.15) is 43.8 Å². The summed E-state index contributed by atoms with van der Waals surface area (Å²) in [5, 5.41) is 15.1. The Kier molecular flexibility index (Phi) is 5.37. The van der Waals surface area contributed by atoms with E-state index in [1.807, 2.05) is 0 Å². The molecule has 10 nitrogen and oxygen atoms in total. The number of hydrogen-bond donors (Lipinski definition) is 0. The van der Waals surface area contributed by atoms with Gasteiger partial charge < -0.3 is 4.84 Å². The molecule has 0 saturated heterocycles. The molecule has 0 unspecified atom stereocenters. The number of carbonyl (C=O) groups excluding carboxylic acids is 2. The molecular formula is C28H20N4O6. The van der Waals surface area contributed by atoms with Gasteiger partial charge in [0.2, 0.25) is 0 Å². The molecule has 0 bridgehead atoms. The SMILES string of the molecule is C=CCn1c(=O)n(C[C@H]2CC(c3ccc([N+](=O)[O-])cc3)=NO2)c2c3c(ccc21)C(=O)c1ccccc1C3=O. The van der Waals surface area contributed by atoms with E-state index in [2.05, 4.69) is 11.7 Å². The van der Waals surface area contributed by atoms with Crippen LogP contribution in [-0.2, 0) is 17.9 Å². The lowest BCUT2D eigenvalue weighted by Gasteiger charge is -2.19. The number of rotatable bonds is 6. The first-order valence-corrected chi connectivity index (χ1v) is 11.9. The van der Waals surface area contributed by atoms with Crippen molar-refractivity contribution in [2.24, 2.45) is 5.16 Å². The number of allylic oxidation sites excluding steroid dienone is 1. The molecule has 0 amide bonds. The first-order valence-electron chi connectivity index (χ1n) is 11.9. The highest BCUT2D eigenvalue weighted by atomic mass is 16.6. The molecule has 0 saturated carbocycles. The van der Waals surface area contributed by atoms with Crippen LogP contribution < -0.4 is 5.69 Å². The van der Waals surface area contributed by atoms with E-state index in [1.165, 1.54) is 21.3 Å². The zero-order valence-corrected chi connectivity index (χ0v) is 20.0. The standard InChI is InChI=1S/C28H20N4O6/c1-2-13-30-23-12-11-21-24(27(34)20-6-4-3-5-19(20)26(21)33)25(23)31(28(30)35)15-18-14-22(29-38-18)16-7-9-17(10-8-16)32(36)37/h2-12,18H,1,13-15H2/t18-/m1/s1. The first-order chi connectivity index (χ1) is 18.4. The van der Waals surface area contributed by atoms with Crippen LogP contribution in [0.4, 0.5) is 5.69 Å². The van der Waals surface area contributed by atoms with Crippen molar-refractivity contribution in [2.45, 2.75) is 25.6 Å². The minimum absolute atomic E-state index is 0.0306. The van der Waals surface area contributed by atoms with E-state index >= 15 is 0 Å². The van der Waals surface area contributed by atoms with Gasteiger partial charge in [0.05, 0.1) is 33.8 Å². The lowest BCUT2D eigenvalue weighted by Crippen LogP contribution is -2.29. The van der Waals surface area contributed by atoms with E-state index < -0.39 is 11.0 Å². The average Bonchev–Trinajstić information content (AvgIpc) is 3.50. The third-order valence-electron chi connectivity index (χ3n) is 6.91. The summed E-state index contributed by atoms with van der Waals surface area (Å²) in [6.07, 6.45) is 1.41. The maximum absolute atomic E-state index is 13.6. The third-order valence-corrected chi connectivity index (χ3v) is 6.91. The number of ketones is 2. The molecule has 6 rings (SSSR count). The molecule has 0 N–H and O–H groups in total. The van der Waals surface area contributed by atoms with Crippen molar-refractivity contribution in [3.63, 3.8) is 0 Å². The molecule has 10 heteroatoms. The molecule has 4 aromatic rings. The number of nitrogens with zero attached hydrogens (tertiary/aromatic N) is 4. The summed E-state index contributed by atoms with van der Waals surface area (Å²) in [5.74, 6) is -0.589. The normalized spacial score (nSPS) is 16.1. The van der Waals surface area contributed by atoms with Gasteiger partial charge >= 0.3 is 5.69 Å². The van der Waals surface area contributed by atoms with Crippen LogP contribution in [0.15, 0.2) is 83.3 Å². The quantitative estimate of drug-likeness (QED) is 0.195. The molecule has 38 heavy (non-hydrogen) atoms. The van der Waals surface area contributed by atoms with Crippen molar-refractivity contribution in [1.82, 2.24) is 9.13 Å². The Labute approximate surface area is 215 Å². The summed E-state index contributed by atoms with van der Waals surface area (Å²) in [5.41, 5.74) is 2.85. The Morgan fingerprint density at radius 1 is 0.974 bits per heavy atom. The van der Waals surface area contributed by atoms with E-state index in [-0.39, 0.29) is 47.2 Å². The topological polar surface area (TPSA) is 126 Å². The molecule has 0 fully saturated rings. The minimum Gasteiger partial charge on any atom is -0.390 e. The fraction of sp³-hybridized carbons (Fsp3) is 0.143. The molecule has 0 spiro atoms. The van der Waals surface area contributed by atoms with Crippen molar-refractivity contribution >= 4 is 34.0 Å². The van der Waals surface area contributed by atoms with Crippen LogP contribution in [-0.4, -0.2) is 37.4 Å². The second-order valence-corrected chi connectivity index (χ2v) is 9.13. The number of fused-ring (bicyclic) bond motifs is 4. The largest absolute Gasteiger partial charge is 0.390 e. The molecule has 0 radical (unpaired) electrons. The van der Waals surface area contributed by atoms with Gasteiger partial charge in [-0.3, -0.25) is 28.8 Å². The number of nitro groups is 1. The number of benzene rings is 3. The van der Waals surface area contributed by atoms with Crippen LogP contribution in [0.5, 0.6) is 0 Å². The van der Waals surface area contributed by atoms with Crippen LogP contribution in [0.25, 0.3) is 11.0 Å². The Bertz CT molecular complexity index is 1780. The van der Waals surface area contributed by atoms with Gasteiger partial charge in [-0.2, -0.15) is 0 Å². The van der Waals surface area contributed by atoms with Gasteiger partial charge in [-0.25, -0.2) is 4.79 Å². The number of carbonyl (C=O) groups is 2. The highest BCUT2D eigenvalue weighted by molar-refractivity contribution is 6.31. The second-order valence-electron chi connectivity index (χ2n) is 9.13. The number of hydrogen-bond acceptors (Lipinski definition) is 7. The van der Waals surface area contributed by atoms with Gasteiger partial charge in [0.25, 0.3) is 5.69 Å². The van der Waals surface area contributed by atoms with Crippen molar-refractivity contribution in [2.75, 3.05) is 0 Å². The number of oxime groups is 1. The number of nitro benzene ring substituents is 1. The molecule has 3 aromatic carbocycles. The van der Waals surface area contributed by atoms with Gasteiger partial charge in [-0.15, -0.1) is 6.58 Å². The monoisotopic (exact) mass is 508 g/mol. The number of non-ortho nitro benzene ring substituents is 1. The Morgan fingerprint density at radius 2 is 1.68 bits per heavy atom. The highest BCUT2D eigenvalue weighted by Crippen LogP contribution is 2.33. The van der Waals surface area contributed by atoms with Gasteiger partial charge in [0.1, 0.15) is 0 Å². The summed E-state index contributed by atoms with van der Waals surface area (Å²) in [6.45, 7) is 4.05. The molecule has 2 heterocycles. The molecular weight excluding hydrogens is 488 g/mol. The van der Waals surface area contributed by atoms with E-state index in [1.54, 1.807) is 54.6 Å². The summed E-state index contributed by atoms with van der Waals surface area (Å²) in [6, 6.07) is 15.9. The lowest BCUT2D eigenvalue weighted by atomic mass is 9.83. The van der Waals surface area contributed by atoms with Crippen LogP contribution >= 0.6 is 0 Å². The Hall–Kier alpha value is -5.12. The Morgan fingerprint density at radius 3 is 2.37 bits per heavy atom. The summed E-state index contributed by atoms with van der Waals surface area (Å²) in [7, 11) is 0.